The van der Waals surface area contributed by atoms with Gasteiger partial charge in [0.2, 0.25) is 10.0 Å². The third kappa shape index (κ3) is 6.03. The van der Waals surface area contributed by atoms with Gasteiger partial charge in [0.25, 0.3) is 5.91 Å². The summed E-state index contributed by atoms with van der Waals surface area (Å²) in [6.45, 7) is 17.2. The first-order valence-corrected chi connectivity index (χ1v) is 12.1. The van der Waals surface area contributed by atoms with E-state index in [4.69, 9.17) is 0 Å². The monoisotopic (exact) mass is 423 g/mol. The SMILES string of the molecule is CCN(CC)S(=O)(=O)c1ccc(C)c(C(=O)N2CCN(CCC(C)(C)C)CC2)c1. The normalized spacial score (nSPS) is 16.4. The molecule has 29 heavy (non-hydrogen) atoms. The van der Waals surface area contributed by atoms with Crippen LogP contribution in [0.25, 0.3) is 0 Å². The van der Waals surface area contributed by atoms with Crippen LogP contribution in [0, 0.1) is 12.3 Å². The van der Waals surface area contributed by atoms with Crippen LogP contribution >= 0.6 is 0 Å². The van der Waals surface area contributed by atoms with Crippen molar-refractivity contribution in [3.63, 3.8) is 0 Å². The Morgan fingerprint density at radius 1 is 1.07 bits per heavy atom. The maximum absolute atomic E-state index is 13.1. The number of amides is 1. The van der Waals surface area contributed by atoms with Gasteiger partial charge in [-0.25, -0.2) is 8.42 Å². The van der Waals surface area contributed by atoms with Crippen molar-refractivity contribution in [3.05, 3.63) is 29.3 Å². The first-order valence-electron chi connectivity index (χ1n) is 10.6. The van der Waals surface area contributed by atoms with Gasteiger partial charge in [-0.2, -0.15) is 4.31 Å². The van der Waals surface area contributed by atoms with Gasteiger partial charge in [-0.3, -0.25) is 9.69 Å². The molecule has 7 heteroatoms. The van der Waals surface area contributed by atoms with Crippen LogP contribution in [0.5, 0.6) is 0 Å². The Balaban J connectivity index is 2.12. The second kappa shape index (κ2) is 9.58. The Morgan fingerprint density at radius 2 is 1.66 bits per heavy atom. The lowest BCUT2D eigenvalue weighted by molar-refractivity contribution is 0.0622. The number of hydrogen-bond donors (Lipinski definition) is 0. The van der Waals surface area contributed by atoms with E-state index >= 15 is 0 Å². The maximum Gasteiger partial charge on any atom is 0.254 e. The first-order chi connectivity index (χ1) is 13.5. The third-order valence-corrected chi connectivity index (χ3v) is 7.67. The second-order valence-electron chi connectivity index (χ2n) is 9.01. The van der Waals surface area contributed by atoms with Crippen LogP contribution in [0.1, 0.15) is 57.0 Å². The number of piperazine rings is 1. The zero-order chi connectivity index (χ0) is 21.8. The Bertz CT molecular complexity index is 803. The van der Waals surface area contributed by atoms with Gasteiger partial charge < -0.3 is 4.90 Å². The van der Waals surface area contributed by atoms with Gasteiger partial charge in [-0.15, -0.1) is 0 Å². The van der Waals surface area contributed by atoms with Crippen molar-refractivity contribution in [2.75, 3.05) is 45.8 Å². The van der Waals surface area contributed by atoms with Crippen LogP contribution in [0.15, 0.2) is 23.1 Å². The number of carbonyl (C=O) groups is 1. The Kier molecular flexibility index (Phi) is 7.87. The van der Waals surface area contributed by atoms with Gasteiger partial charge in [-0.05, 0) is 43.0 Å². The molecule has 0 atom stereocenters. The average Bonchev–Trinajstić information content (AvgIpc) is 2.66. The molecule has 0 saturated carbocycles. The van der Waals surface area contributed by atoms with Crippen molar-refractivity contribution in [1.82, 2.24) is 14.1 Å². The number of benzene rings is 1. The fraction of sp³-hybridized carbons (Fsp3) is 0.682. The lowest BCUT2D eigenvalue weighted by atomic mass is 9.92. The topological polar surface area (TPSA) is 60.9 Å². The summed E-state index contributed by atoms with van der Waals surface area (Å²) in [5.41, 5.74) is 1.60. The molecule has 0 spiro atoms. The lowest BCUT2D eigenvalue weighted by Gasteiger charge is -2.36. The highest BCUT2D eigenvalue weighted by Crippen LogP contribution is 2.22. The number of hydrogen-bond acceptors (Lipinski definition) is 4. The van der Waals surface area contributed by atoms with Crippen LogP contribution in [0.3, 0.4) is 0 Å². The van der Waals surface area contributed by atoms with Crippen molar-refractivity contribution < 1.29 is 13.2 Å². The molecule has 0 N–H and O–H groups in total. The third-order valence-electron chi connectivity index (χ3n) is 5.62. The summed E-state index contributed by atoms with van der Waals surface area (Å²) in [5.74, 6) is -0.0745. The molecule has 164 valence electrons. The Morgan fingerprint density at radius 3 is 2.17 bits per heavy atom. The molecular formula is C22H37N3O3S. The van der Waals surface area contributed by atoms with Crippen molar-refractivity contribution in [3.8, 4) is 0 Å². The van der Waals surface area contributed by atoms with E-state index in [0.717, 1.165) is 31.6 Å². The highest BCUT2D eigenvalue weighted by molar-refractivity contribution is 7.89. The van der Waals surface area contributed by atoms with E-state index in [1.807, 2.05) is 25.7 Å². The maximum atomic E-state index is 13.1. The minimum Gasteiger partial charge on any atom is -0.336 e. The number of carbonyl (C=O) groups excluding carboxylic acids is 1. The highest BCUT2D eigenvalue weighted by Gasteiger charge is 2.27. The van der Waals surface area contributed by atoms with Gasteiger partial charge in [0.1, 0.15) is 0 Å². The zero-order valence-electron chi connectivity index (χ0n) is 18.9. The molecule has 0 unspecified atom stereocenters. The predicted molar refractivity (Wildman–Crippen MR) is 118 cm³/mol. The average molecular weight is 424 g/mol. The smallest absolute Gasteiger partial charge is 0.254 e. The largest absolute Gasteiger partial charge is 0.336 e. The summed E-state index contributed by atoms with van der Waals surface area (Å²) in [4.78, 5) is 17.6. The van der Waals surface area contributed by atoms with E-state index in [1.165, 1.54) is 4.31 Å². The summed E-state index contributed by atoms with van der Waals surface area (Å²) < 4.78 is 27.1. The van der Waals surface area contributed by atoms with E-state index in [-0.39, 0.29) is 10.8 Å². The summed E-state index contributed by atoms with van der Waals surface area (Å²) in [5, 5.41) is 0. The molecule has 1 heterocycles. The number of rotatable bonds is 7. The summed E-state index contributed by atoms with van der Waals surface area (Å²) >= 11 is 0. The molecule has 6 nitrogen and oxygen atoms in total. The minimum atomic E-state index is -3.58. The van der Waals surface area contributed by atoms with E-state index in [1.54, 1.807) is 18.2 Å². The quantitative estimate of drug-likeness (QED) is 0.676. The molecule has 1 aromatic carbocycles. The van der Waals surface area contributed by atoms with Crippen LogP contribution < -0.4 is 0 Å². The van der Waals surface area contributed by atoms with Crippen molar-refractivity contribution in [2.45, 2.75) is 52.9 Å². The molecule has 1 aliphatic rings. The molecule has 2 rings (SSSR count). The van der Waals surface area contributed by atoms with Gasteiger partial charge in [0.15, 0.2) is 0 Å². The van der Waals surface area contributed by atoms with Crippen LogP contribution in [0.4, 0.5) is 0 Å². The number of sulfonamides is 1. The fourth-order valence-electron chi connectivity index (χ4n) is 3.54. The summed E-state index contributed by atoms with van der Waals surface area (Å²) in [7, 11) is -3.58. The number of nitrogens with zero attached hydrogens (tertiary/aromatic N) is 3. The van der Waals surface area contributed by atoms with Crippen molar-refractivity contribution in [1.29, 1.82) is 0 Å². The van der Waals surface area contributed by atoms with Crippen molar-refractivity contribution >= 4 is 15.9 Å². The molecule has 0 aromatic heterocycles. The van der Waals surface area contributed by atoms with Crippen LogP contribution in [-0.4, -0.2) is 74.2 Å². The Hall–Kier alpha value is -1.44. The van der Waals surface area contributed by atoms with Gasteiger partial charge in [-0.1, -0.05) is 40.7 Å². The first kappa shape index (κ1) is 23.8. The Labute approximate surface area is 176 Å². The van der Waals surface area contributed by atoms with Crippen LogP contribution in [0.2, 0.25) is 0 Å². The molecule has 0 aliphatic carbocycles. The standard InChI is InChI=1S/C22H37N3O3S/c1-7-25(8-2)29(27,28)19-10-9-18(3)20(17-19)21(26)24-15-13-23(14-16-24)12-11-22(4,5)6/h9-10,17H,7-8,11-16H2,1-6H3. The zero-order valence-corrected chi connectivity index (χ0v) is 19.7. The second-order valence-corrected chi connectivity index (χ2v) is 10.9. The molecule has 1 fully saturated rings. The minimum absolute atomic E-state index is 0.0745. The highest BCUT2D eigenvalue weighted by atomic mass is 32.2. The van der Waals surface area contributed by atoms with Crippen molar-refractivity contribution in [2.24, 2.45) is 5.41 Å². The molecule has 1 aromatic rings. The van der Waals surface area contributed by atoms with E-state index in [2.05, 4.69) is 25.7 Å². The van der Waals surface area contributed by atoms with Gasteiger partial charge in [0, 0.05) is 44.8 Å². The fourth-order valence-corrected chi connectivity index (χ4v) is 5.03. The molecule has 1 saturated heterocycles. The summed E-state index contributed by atoms with van der Waals surface area (Å²) in [6.07, 6.45) is 1.13. The van der Waals surface area contributed by atoms with E-state index in [0.29, 0.717) is 37.2 Å². The van der Waals surface area contributed by atoms with Crippen LogP contribution in [-0.2, 0) is 10.0 Å². The number of aryl methyl sites for hydroxylation is 1. The molecule has 0 radical (unpaired) electrons. The molecular weight excluding hydrogens is 386 g/mol. The summed E-state index contributed by atoms with van der Waals surface area (Å²) in [6, 6.07) is 4.89. The molecule has 0 bridgehead atoms. The molecule has 1 aliphatic heterocycles. The predicted octanol–water partition coefficient (Wildman–Crippen LogP) is 3.22. The van der Waals surface area contributed by atoms with E-state index in [9.17, 15) is 13.2 Å². The van der Waals surface area contributed by atoms with E-state index < -0.39 is 10.0 Å². The van der Waals surface area contributed by atoms with Gasteiger partial charge in [0.05, 0.1) is 4.90 Å². The van der Waals surface area contributed by atoms with Gasteiger partial charge >= 0.3 is 0 Å². The lowest BCUT2D eigenvalue weighted by Crippen LogP contribution is -2.49. The molecule has 1 amide bonds.